The molecule has 3 heterocycles. The Kier molecular flexibility index (Phi) is 5.40. The first-order valence-electron chi connectivity index (χ1n) is 7.34. The van der Waals surface area contributed by atoms with Crippen LogP contribution in [0.1, 0.15) is 20.8 Å². The van der Waals surface area contributed by atoms with E-state index < -0.39 is 11.8 Å². The largest absolute Gasteiger partial charge is 0.306 e. The predicted molar refractivity (Wildman–Crippen MR) is 98.6 cm³/mol. The third kappa shape index (κ3) is 4.33. The van der Waals surface area contributed by atoms with Crippen molar-refractivity contribution in [1.29, 1.82) is 0 Å². The van der Waals surface area contributed by atoms with Crippen molar-refractivity contribution in [1.82, 2.24) is 15.0 Å². The van der Waals surface area contributed by atoms with Gasteiger partial charge in [0, 0.05) is 18.6 Å². The lowest BCUT2D eigenvalue weighted by atomic mass is 10.1. The van der Waals surface area contributed by atoms with E-state index in [0.717, 1.165) is 0 Å². The number of anilines is 2. The van der Waals surface area contributed by atoms with Crippen LogP contribution in [0.5, 0.6) is 0 Å². The van der Waals surface area contributed by atoms with E-state index in [2.05, 4.69) is 25.6 Å². The zero-order valence-electron chi connectivity index (χ0n) is 13.1. The number of hydrogen-bond donors (Lipinski definition) is 2. The third-order valence-electron chi connectivity index (χ3n) is 3.21. The lowest BCUT2D eigenvalue weighted by Crippen LogP contribution is -2.22. The number of nitrogens with one attached hydrogen (secondary N) is 2. The van der Waals surface area contributed by atoms with Crippen LogP contribution in [0.15, 0.2) is 55.0 Å². The summed E-state index contributed by atoms with van der Waals surface area (Å²) in [7, 11) is 0. The zero-order valence-corrected chi connectivity index (χ0v) is 14.6. The van der Waals surface area contributed by atoms with E-state index in [1.54, 1.807) is 30.3 Å². The van der Waals surface area contributed by atoms with Crippen LogP contribution in [0.2, 0.25) is 10.0 Å². The Hall–Kier alpha value is -3.03. The van der Waals surface area contributed by atoms with Gasteiger partial charge in [-0.25, -0.2) is 9.97 Å². The summed E-state index contributed by atoms with van der Waals surface area (Å²) in [5.74, 6) is -0.512. The SMILES string of the molecule is O=C(Nc1ccc(Cl)cn1)c1cccnc1C(=O)Nc1ccc(Cl)cn1. The summed E-state index contributed by atoms with van der Waals surface area (Å²) in [5, 5.41) is 6.04. The molecule has 26 heavy (non-hydrogen) atoms. The van der Waals surface area contributed by atoms with Crippen LogP contribution in [-0.4, -0.2) is 26.8 Å². The van der Waals surface area contributed by atoms with Gasteiger partial charge < -0.3 is 10.6 Å². The summed E-state index contributed by atoms with van der Waals surface area (Å²) in [6.07, 6.45) is 4.22. The van der Waals surface area contributed by atoms with Crippen LogP contribution < -0.4 is 10.6 Å². The summed E-state index contributed by atoms with van der Waals surface area (Å²) in [4.78, 5) is 36.9. The van der Waals surface area contributed by atoms with Crippen molar-refractivity contribution in [3.05, 3.63) is 76.3 Å². The number of carbonyl (C=O) groups excluding carboxylic acids is 2. The highest BCUT2D eigenvalue weighted by atomic mass is 35.5. The standard InChI is InChI=1S/C17H11Cl2N5O2/c18-10-3-5-13(21-8-10)23-16(25)12-2-1-7-20-15(12)17(26)24-14-6-4-11(19)9-22-14/h1-9H,(H,21,23,25)(H,22,24,26). The second-order valence-corrected chi connectivity index (χ2v) is 5.90. The van der Waals surface area contributed by atoms with E-state index in [1.165, 1.54) is 24.7 Å². The van der Waals surface area contributed by atoms with Crippen LogP contribution >= 0.6 is 23.2 Å². The molecule has 0 aliphatic rings. The molecule has 0 aliphatic carbocycles. The van der Waals surface area contributed by atoms with Crippen LogP contribution in [0.25, 0.3) is 0 Å². The number of pyridine rings is 3. The van der Waals surface area contributed by atoms with E-state index in [9.17, 15) is 9.59 Å². The van der Waals surface area contributed by atoms with E-state index in [-0.39, 0.29) is 17.1 Å². The Balaban J connectivity index is 1.80. The first kappa shape index (κ1) is 17.8. The van der Waals surface area contributed by atoms with Gasteiger partial charge in [-0.15, -0.1) is 0 Å². The Labute approximate surface area is 158 Å². The summed E-state index contributed by atoms with van der Waals surface area (Å²) >= 11 is 11.5. The maximum Gasteiger partial charge on any atom is 0.276 e. The fraction of sp³-hybridized carbons (Fsp3) is 0. The highest BCUT2D eigenvalue weighted by molar-refractivity contribution is 6.30. The average molecular weight is 388 g/mol. The van der Waals surface area contributed by atoms with Crippen molar-refractivity contribution < 1.29 is 9.59 Å². The van der Waals surface area contributed by atoms with Crippen molar-refractivity contribution in [2.75, 3.05) is 10.6 Å². The van der Waals surface area contributed by atoms with Gasteiger partial charge in [-0.1, -0.05) is 23.2 Å². The number of nitrogens with zero attached hydrogens (tertiary/aromatic N) is 3. The molecule has 0 unspecified atom stereocenters. The molecule has 7 nitrogen and oxygen atoms in total. The molecule has 2 amide bonds. The molecule has 0 saturated heterocycles. The van der Waals surface area contributed by atoms with Gasteiger partial charge in [0.05, 0.1) is 15.6 Å². The molecule has 130 valence electrons. The summed E-state index contributed by atoms with van der Waals surface area (Å²) in [6, 6.07) is 9.31. The van der Waals surface area contributed by atoms with Crippen LogP contribution in [0.3, 0.4) is 0 Å². The maximum atomic E-state index is 12.5. The van der Waals surface area contributed by atoms with Crippen molar-refractivity contribution in [2.45, 2.75) is 0 Å². The van der Waals surface area contributed by atoms with Crippen LogP contribution in [0, 0.1) is 0 Å². The minimum absolute atomic E-state index is 0.0456. The number of hydrogen-bond acceptors (Lipinski definition) is 5. The predicted octanol–water partition coefficient (Wildman–Crippen LogP) is 3.68. The van der Waals surface area contributed by atoms with E-state index in [1.807, 2.05) is 0 Å². The molecular formula is C17H11Cl2N5O2. The molecular weight excluding hydrogens is 377 g/mol. The Morgan fingerprint density at radius 3 is 1.88 bits per heavy atom. The van der Waals surface area contributed by atoms with E-state index >= 15 is 0 Å². The number of amides is 2. The molecule has 0 spiro atoms. The van der Waals surface area contributed by atoms with Gasteiger partial charge in [-0.05, 0) is 36.4 Å². The molecule has 0 atom stereocenters. The fourth-order valence-electron chi connectivity index (χ4n) is 2.03. The van der Waals surface area contributed by atoms with Gasteiger partial charge in [0.2, 0.25) is 0 Å². The van der Waals surface area contributed by atoms with E-state index in [4.69, 9.17) is 23.2 Å². The molecule has 2 N–H and O–H groups in total. The van der Waals surface area contributed by atoms with Gasteiger partial charge in [-0.2, -0.15) is 0 Å². The molecule has 3 aromatic heterocycles. The fourth-order valence-corrected chi connectivity index (χ4v) is 2.25. The third-order valence-corrected chi connectivity index (χ3v) is 3.65. The monoisotopic (exact) mass is 387 g/mol. The van der Waals surface area contributed by atoms with Crippen LogP contribution in [0.4, 0.5) is 11.6 Å². The summed E-state index contributed by atoms with van der Waals surface area (Å²) < 4.78 is 0. The lowest BCUT2D eigenvalue weighted by Gasteiger charge is -2.09. The van der Waals surface area contributed by atoms with E-state index in [0.29, 0.717) is 15.9 Å². The molecule has 0 aliphatic heterocycles. The van der Waals surface area contributed by atoms with Gasteiger partial charge in [-0.3, -0.25) is 14.6 Å². The first-order valence-corrected chi connectivity index (χ1v) is 8.09. The number of carbonyl (C=O) groups is 2. The molecule has 9 heteroatoms. The number of rotatable bonds is 4. The quantitative estimate of drug-likeness (QED) is 0.711. The normalized spacial score (nSPS) is 10.2. The number of halogens is 2. The van der Waals surface area contributed by atoms with Gasteiger partial charge in [0.15, 0.2) is 0 Å². The minimum atomic E-state index is -0.574. The minimum Gasteiger partial charge on any atom is -0.306 e. The van der Waals surface area contributed by atoms with Crippen molar-refractivity contribution in [3.8, 4) is 0 Å². The highest BCUT2D eigenvalue weighted by Crippen LogP contribution is 2.14. The Morgan fingerprint density at radius 2 is 1.35 bits per heavy atom. The van der Waals surface area contributed by atoms with Crippen LogP contribution in [-0.2, 0) is 0 Å². The Morgan fingerprint density at radius 1 is 0.769 bits per heavy atom. The zero-order chi connectivity index (χ0) is 18.5. The summed E-state index contributed by atoms with van der Waals surface area (Å²) in [5.41, 5.74) is 0.0476. The second kappa shape index (κ2) is 7.90. The molecule has 3 aromatic rings. The maximum absolute atomic E-state index is 12.5. The second-order valence-electron chi connectivity index (χ2n) is 5.03. The average Bonchev–Trinajstić information content (AvgIpc) is 2.65. The first-order chi connectivity index (χ1) is 12.5. The molecule has 0 saturated carbocycles. The molecule has 0 bridgehead atoms. The van der Waals surface area contributed by atoms with Gasteiger partial charge in [0.25, 0.3) is 11.8 Å². The highest BCUT2D eigenvalue weighted by Gasteiger charge is 2.19. The summed E-state index contributed by atoms with van der Waals surface area (Å²) in [6.45, 7) is 0. The van der Waals surface area contributed by atoms with Crippen molar-refractivity contribution >= 4 is 46.7 Å². The molecule has 0 aromatic carbocycles. The molecule has 0 radical (unpaired) electrons. The lowest BCUT2D eigenvalue weighted by molar-refractivity contribution is 0.0986. The number of aromatic nitrogens is 3. The molecule has 0 fully saturated rings. The smallest absolute Gasteiger partial charge is 0.276 e. The van der Waals surface area contributed by atoms with Crippen molar-refractivity contribution in [2.24, 2.45) is 0 Å². The van der Waals surface area contributed by atoms with Crippen molar-refractivity contribution in [3.63, 3.8) is 0 Å². The topological polar surface area (TPSA) is 96.9 Å². The van der Waals surface area contributed by atoms with Gasteiger partial charge in [0.1, 0.15) is 17.3 Å². The van der Waals surface area contributed by atoms with Gasteiger partial charge >= 0.3 is 0 Å². The Bertz CT molecular complexity index is 868. The molecule has 3 rings (SSSR count).